The number of hydrogen-bond donors (Lipinski definition) is 3. The van der Waals surface area contributed by atoms with E-state index < -0.39 is 23.8 Å². The molecule has 11 rings (SSSR count). The van der Waals surface area contributed by atoms with Crippen molar-refractivity contribution >= 4 is 63.5 Å². The lowest BCUT2D eigenvalue weighted by molar-refractivity contribution is -0.136. The van der Waals surface area contributed by atoms with Gasteiger partial charge in [0.1, 0.15) is 6.04 Å². The van der Waals surface area contributed by atoms with Crippen LogP contribution in [0.2, 0.25) is 0 Å². The lowest BCUT2D eigenvalue weighted by atomic mass is 9.95. The van der Waals surface area contributed by atoms with E-state index >= 15 is 0 Å². The molecule has 3 aromatic carbocycles. The van der Waals surface area contributed by atoms with Crippen LogP contribution < -0.4 is 20.9 Å². The number of nitrogens with zero attached hydrogens (tertiary/aromatic N) is 8. The molecule has 4 fully saturated rings. The van der Waals surface area contributed by atoms with E-state index in [4.69, 9.17) is 10.1 Å². The summed E-state index contributed by atoms with van der Waals surface area (Å²) in [5.41, 5.74) is 9.45. The highest BCUT2D eigenvalue weighted by Gasteiger charge is 2.57. The molecule has 3 N–H and O–H groups in total. The number of imide groups is 2. The smallest absolute Gasteiger partial charge is 0.262 e. The Morgan fingerprint density at radius 1 is 0.850 bits per heavy atom. The molecule has 0 spiro atoms. The molecule has 0 radical (unpaired) electrons. The average molecular weight is 806 g/mol. The Balaban J connectivity index is 0.672. The Morgan fingerprint density at radius 2 is 1.63 bits per heavy atom. The molecule has 15 nitrogen and oxygen atoms in total. The molecule has 6 aliphatic rings. The quantitative estimate of drug-likeness (QED) is 0.182. The summed E-state index contributed by atoms with van der Waals surface area (Å²) >= 11 is 0. The van der Waals surface area contributed by atoms with Gasteiger partial charge in [0.2, 0.25) is 17.8 Å². The lowest BCUT2D eigenvalue weighted by Gasteiger charge is -2.47. The van der Waals surface area contributed by atoms with Crippen LogP contribution in [0.1, 0.15) is 55.8 Å². The Hall–Kier alpha value is -6.19. The Kier molecular flexibility index (Phi) is 8.57. The van der Waals surface area contributed by atoms with E-state index in [0.717, 1.165) is 102 Å². The fourth-order valence-corrected chi connectivity index (χ4v) is 10.4. The van der Waals surface area contributed by atoms with Crippen LogP contribution >= 0.6 is 0 Å². The molecule has 1 aliphatic carbocycles. The second-order valence-electron chi connectivity index (χ2n) is 17.6. The van der Waals surface area contributed by atoms with E-state index in [0.29, 0.717) is 40.9 Å². The fraction of sp³-hybridized carbons (Fsp3) is 0.400. The number of aromatic nitrogens is 4. The molecule has 3 saturated heterocycles. The molecule has 2 aromatic heterocycles. The van der Waals surface area contributed by atoms with E-state index in [1.165, 1.54) is 11.1 Å². The van der Waals surface area contributed by atoms with Gasteiger partial charge >= 0.3 is 0 Å². The van der Waals surface area contributed by atoms with E-state index in [-0.39, 0.29) is 18.7 Å². The molecular weight excluding hydrogens is 759 g/mol. The first-order valence-corrected chi connectivity index (χ1v) is 21.0. The highest BCUT2D eigenvalue weighted by Crippen LogP contribution is 2.53. The number of para-hydroxylation sites is 1. The van der Waals surface area contributed by atoms with Crippen molar-refractivity contribution in [3.8, 4) is 0 Å². The first kappa shape index (κ1) is 36.9. The van der Waals surface area contributed by atoms with Crippen molar-refractivity contribution in [1.82, 2.24) is 39.8 Å². The van der Waals surface area contributed by atoms with Gasteiger partial charge in [-0.2, -0.15) is 10.1 Å². The number of piperidine rings is 2. The predicted octanol–water partition coefficient (Wildman–Crippen LogP) is 4.29. The van der Waals surface area contributed by atoms with Crippen LogP contribution in [0.5, 0.6) is 0 Å². The van der Waals surface area contributed by atoms with Crippen molar-refractivity contribution in [2.24, 2.45) is 24.8 Å². The van der Waals surface area contributed by atoms with Crippen molar-refractivity contribution in [2.75, 3.05) is 54.8 Å². The summed E-state index contributed by atoms with van der Waals surface area (Å²) in [5, 5.41) is 14.8. The maximum absolute atomic E-state index is 13.4. The fourth-order valence-electron chi connectivity index (χ4n) is 10.4. The Morgan fingerprint density at radius 3 is 2.42 bits per heavy atom. The van der Waals surface area contributed by atoms with Crippen molar-refractivity contribution in [2.45, 2.75) is 51.7 Å². The molecule has 4 atom stereocenters. The van der Waals surface area contributed by atoms with Crippen LogP contribution in [0.4, 0.5) is 28.8 Å². The molecule has 5 aromatic rings. The summed E-state index contributed by atoms with van der Waals surface area (Å²) < 4.78 is 1.79. The van der Waals surface area contributed by atoms with E-state index in [9.17, 15) is 19.2 Å². The minimum absolute atomic E-state index is 0.106. The highest BCUT2D eigenvalue weighted by molar-refractivity contribution is 6.23. The van der Waals surface area contributed by atoms with Crippen molar-refractivity contribution < 1.29 is 19.2 Å². The minimum atomic E-state index is -0.955. The van der Waals surface area contributed by atoms with Gasteiger partial charge in [-0.15, -0.1) is 0 Å². The summed E-state index contributed by atoms with van der Waals surface area (Å²) in [6, 6.07) is 17.9. The Labute approximate surface area is 347 Å². The number of carbonyl (C=O) groups excluding carboxylic acids is 4. The van der Waals surface area contributed by atoms with Crippen LogP contribution in [-0.4, -0.2) is 109 Å². The van der Waals surface area contributed by atoms with Crippen LogP contribution in [0.15, 0.2) is 60.8 Å². The van der Waals surface area contributed by atoms with E-state index in [2.05, 4.69) is 85.9 Å². The third-order valence-corrected chi connectivity index (χ3v) is 13.9. The average Bonchev–Trinajstić information content (AvgIpc) is 3.44. The van der Waals surface area contributed by atoms with Crippen LogP contribution in [0, 0.1) is 31.6 Å². The number of fused-ring (bicyclic) bond motifs is 4. The maximum Gasteiger partial charge on any atom is 0.262 e. The number of likely N-dealkylation sites (tertiary alicyclic amines) is 1. The third-order valence-electron chi connectivity index (χ3n) is 13.9. The number of amides is 4. The van der Waals surface area contributed by atoms with Crippen molar-refractivity contribution in [1.29, 1.82) is 0 Å². The highest BCUT2D eigenvalue weighted by atomic mass is 16.2. The molecule has 0 bridgehead atoms. The first-order chi connectivity index (χ1) is 29.1. The third kappa shape index (κ3) is 6.21. The van der Waals surface area contributed by atoms with E-state index in [1.807, 2.05) is 25.4 Å². The van der Waals surface area contributed by atoms with Gasteiger partial charge in [-0.3, -0.25) is 39.2 Å². The van der Waals surface area contributed by atoms with Gasteiger partial charge < -0.3 is 15.5 Å². The SMILES string of the molecule is Cc1cccc(C)c1Nc1nn(C)c2nc(Nc3ccc4c(c3)CN(C3CN(CC5[C@H]6CN(c7ccc8c(c7)C(=O)N(C7CCC(=O)NC7=O)C8=O)C[C@@H]56)C3)CC4)ncc12. The number of anilines is 5. The lowest BCUT2D eigenvalue weighted by Crippen LogP contribution is -2.60. The summed E-state index contributed by atoms with van der Waals surface area (Å²) in [7, 11) is 1.91. The van der Waals surface area contributed by atoms with Gasteiger partial charge in [0.05, 0.1) is 16.5 Å². The molecule has 1 saturated carbocycles. The number of benzene rings is 3. The van der Waals surface area contributed by atoms with Gasteiger partial charge in [-0.1, -0.05) is 24.3 Å². The minimum Gasteiger partial charge on any atom is -0.371 e. The number of rotatable bonds is 9. The van der Waals surface area contributed by atoms with Gasteiger partial charge in [-0.05, 0) is 97.0 Å². The van der Waals surface area contributed by atoms with Crippen molar-refractivity contribution in [3.05, 3.63) is 94.2 Å². The maximum atomic E-state index is 13.4. The number of nitrogens with one attached hydrogen (secondary N) is 3. The second-order valence-corrected chi connectivity index (χ2v) is 17.6. The van der Waals surface area contributed by atoms with Gasteiger partial charge in [-0.25, -0.2) is 9.67 Å². The Bertz CT molecular complexity index is 2620. The summed E-state index contributed by atoms with van der Waals surface area (Å²) in [6.45, 7) is 11.4. The number of aryl methyl sites for hydroxylation is 3. The molecule has 60 heavy (non-hydrogen) atoms. The van der Waals surface area contributed by atoms with Crippen LogP contribution in [0.25, 0.3) is 11.0 Å². The number of hydrogen-bond acceptors (Lipinski definition) is 12. The summed E-state index contributed by atoms with van der Waals surface area (Å²) in [6.07, 6.45) is 3.14. The molecule has 7 heterocycles. The van der Waals surface area contributed by atoms with Crippen molar-refractivity contribution in [3.63, 3.8) is 0 Å². The standard InChI is InChI=1S/C45H47N11O4/c1-24-5-4-6-25(2)39(24)49-40-33-17-46-45(50-41(33)52(3)51-40)47-28-8-7-26-13-14-54(18-27(26)15-28)30-19-53(20-30)21-34-35-22-55(23-36(34)35)29-9-10-31-32(16-29)44(60)56(43(31)59)37-11-12-38(57)48-42(37)58/h4-10,15-17,30,34-37H,11-14,18-23H2,1-3H3,(H,49,51)(H,46,47,50)(H,48,57,58)/t34?,35-,36+,37?. The largest absolute Gasteiger partial charge is 0.371 e. The normalized spacial score (nSPS) is 24.1. The zero-order valence-corrected chi connectivity index (χ0v) is 33.9. The van der Waals surface area contributed by atoms with Gasteiger partial charge in [0.25, 0.3) is 11.8 Å². The summed E-state index contributed by atoms with van der Waals surface area (Å²) in [4.78, 5) is 68.8. The topological polar surface area (TPSA) is 161 Å². The monoisotopic (exact) mass is 805 g/mol. The zero-order chi connectivity index (χ0) is 41.0. The number of carbonyl (C=O) groups is 4. The van der Waals surface area contributed by atoms with Crippen LogP contribution in [0.3, 0.4) is 0 Å². The second kappa shape index (κ2) is 13.9. The van der Waals surface area contributed by atoms with Gasteiger partial charge in [0, 0.05) is 88.6 Å². The molecular formula is C45H47N11O4. The molecule has 15 heteroatoms. The van der Waals surface area contributed by atoms with Gasteiger partial charge in [0.15, 0.2) is 11.5 Å². The molecule has 2 unspecified atom stereocenters. The predicted molar refractivity (Wildman–Crippen MR) is 225 cm³/mol. The zero-order valence-electron chi connectivity index (χ0n) is 33.9. The van der Waals surface area contributed by atoms with E-state index in [1.54, 1.807) is 10.7 Å². The first-order valence-electron chi connectivity index (χ1n) is 21.0. The summed E-state index contributed by atoms with van der Waals surface area (Å²) in [5.74, 6) is 1.33. The molecule has 4 amide bonds. The molecule has 306 valence electrons. The van der Waals surface area contributed by atoms with Crippen LogP contribution in [-0.2, 0) is 29.6 Å². The molecule has 5 aliphatic heterocycles.